The Labute approximate surface area is 112 Å². The van der Waals surface area contributed by atoms with Crippen LogP contribution in [0.25, 0.3) is 0 Å². The first-order valence-electron chi connectivity index (χ1n) is 5.64. The molecule has 92 valence electrons. The number of benzene rings is 1. The van der Waals surface area contributed by atoms with E-state index in [1.54, 1.807) is 0 Å². The molecule has 0 amide bonds. The molecule has 0 aliphatic heterocycles. The number of rotatable bonds is 3. The van der Waals surface area contributed by atoms with E-state index >= 15 is 0 Å². The minimum atomic E-state index is 0.405. The van der Waals surface area contributed by atoms with Gasteiger partial charge in [0.15, 0.2) is 0 Å². The van der Waals surface area contributed by atoms with Crippen LogP contribution >= 0.6 is 12.2 Å². The Kier molecular flexibility index (Phi) is 3.58. The van der Waals surface area contributed by atoms with Crippen molar-refractivity contribution in [3.8, 4) is 0 Å². The molecular formula is C14H15N3S. The first kappa shape index (κ1) is 12.5. The number of thiocarbonyl (C=S) groups is 1. The Morgan fingerprint density at radius 3 is 2.67 bits per heavy atom. The first-order valence-corrected chi connectivity index (χ1v) is 6.05. The number of hydrogen-bond donors (Lipinski definition) is 1. The van der Waals surface area contributed by atoms with Crippen molar-refractivity contribution in [1.82, 2.24) is 4.98 Å². The highest BCUT2D eigenvalue weighted by molar-refractivity contribution is 7.80. The highest BCUT2D eigenvalue weighted by Gasteiger charge is 2.06. The van der Waals surface area contributed by atoms with Gasteiger partial charge in [0.1, 0.15) is 10.8 Å². The smallest absolute Gasteiger partial charge is 0.132 e. The van der Waals surface area contributed by atoms with E-state index in [2.05, 4.69) is 4.98 Å². The average molecular weight is 257 g/mol. The summed E-state index contributed by atoms with van der Waals surface area (Å²) in [6, 6.07) is 11.8. The van der Waals surface area contributed by atoms with Gasteiger partial charge in [-0.3, -0.25) is 0 Å². The van der Waals surface area contributed by atoms with E-state index in [1.165, 1.54) is 0 Å². The number of hydrogen-bond acceptors (Lipinski definition) is 3. The van der Waals surface area contributed by atoms with Gasteiger partial charge in [-0.05, 0) is 30.7 Å². The van der Waals surface area contributed by atoms with Crippen LogP contribution in [-0.4, -0.2) is 17.0 Å². The monoisotopic (exact) mass is 257 g/mol. The second kappa shape index (κ2) is 5.14. The molecule has 1 aromatic heterocycles. The van der Waals surface area contributed by atoms with Crippen molar-refractivity contribution in [2.24, 2.45) is 5.73 Å². The van der Waals surface area contributed by atoms with Crippen molar-refractivity contribution < 1.29 is 0 Å². The number of pyridine rings is 1. The summed E-state index contributed by atoms with van der Waals surface area (Å²) >= 11 is 4.99. The van der Waals surface area contributed by atoms with Crippen LogP contribution in [0, 0.1) is 6.92 Å². The molecule has 2 aromatic rings. The number of nitrogens with two attached hydrogens (primary N) is 1. The van der Waals surface area contributed by atoms with Crippen LogP contribution in [0.2, 0.25) is 0 Å². The van der Waals surface area contributed by atoms with Crippen LogP contribution in [0.4, 0.5) is 11.5 Å². The van der Waals surface area contributed by atoms with Crippen molar-refractivity contribution in [2.45, 2.75) is 6.92 Å². The molecule has 18 heavy (non-hydrogen) atoms. The fourth-order valence-corrected chi connectivity index (χ4v) is 1.79. The lowest BCUT2D eigenvalue weighted by Gasteiger charge is -2.19. The first-order chi connectivity index (χ1) is 8.58. The van der Waals surface area contributed by atoms with Crippen LogP contribution in [0.15, 0.2) is 42.6 Å². The molecule has 0 aliphatic carbocycles. The Balaban J connectivity index is 2.33. The summed E-state index contributed by atoms with van der Waals surface area (Å²) in [7, 11) is 1.97. The molecular weight excluding hydrogens is 242 g/mol. The summed E-state index contributed by atoms with van der Waals surface area (Å²) in [5.74, 6) is 0.890. The van der Waals surface area contributed by atoms with Gasteiger partial charge < -0.3 is 10.6 Å². The third-order valence-corrected chi connectivity index (χ3v) is 2.99. The van der Waals surface area contributed by atoms with Gasteiger partial charge in [-0.25, -0.2) is 4.98 Å². The molecule has 0 unspecified atom stereocenters. The molecule has 0 saturated heterocycles. The second-order valence-electron chi connectivity index (χ2n) is 4.17. The molecule has 1 heterocycles. The molecule has 4 heteroatoms. The highest BCUT2D eigenvalue weighted by Crippen LogP contribution is 2.22. The van der Waals surface area contributed by atoms with Crippen LogP contribution in [0.5, 0.6) is 0 Å². The zero-order valence-corrected chi connectivity index (χ0v) is 11.2. The molecule has 0 radical (unpaired) electrons. The van der Waals surface area contributed by atoms with Gasteiger partial charge in [-0.2, -0.15) is 0 Å². The Morgan fingerprint density at radius 1 is 1.28 bits per heavy atom. The number of aromatic nitrogens is 1. The molecule has 0 atom stereocenters. The van der Waals surface area contributed by atoms with Crippen LogP contribution in [-0.2, 0) is 0 Å². The van der Waals surface area contributed by atoms with E-state index in [-0.39, 0.29) is 0 Å². The van der Waals surface area contributed by atoms with Gasteiger partial charge in [0.05, 0.1) is 0 Å². The predicted octanol–water partition coefficient (Wildman–Crippen LogP) is 2.79. The molecule has 0 fully saturated rings. The number of nitrogens with zero attached hydrogens (tertiary/aromatic N) is 2. The molecule has 0 spiro atoms. The quantitative estimate of drug-likeness (QED) is 0.859. The van der Waals surface area contributed by atoms with Gasteiger partial charge in [-0.15, -0.1) is 0 Å². The van der Waals surface area contributed by atoms with Gasteiger partial charge >= 0.3 is 0 Å². The Hall–Kier alpha value is -1.94. The zero-order valence-electron chi connectivity index (χ0n) is 10.4. The van der Waals surface area contributed by atoms with Crippen LogP contribution in [0.1, 0.15) is 11.1 Å². The van der Waals surface area contributed by atoms with Crippen molar-refractivity contribution in [2.75, 3.05) is 11.9 Å². The largest absolute Gasteiger partial charge is 0.389 e. The normalized spacial score (nSPS) is 10.1. The summed E-state index contributed by atoms with van der Waals surface area (Å²) < 4.78 is 0. The lowest BCUT2D eigenvalue weighted by molar-refractivity contribution is 1.12. The third kappa shape index (κ3) is 2.65. The summed E-state index contributed by atoms with van der Waals surface area (Å²) in [4.78, 5) is 6.80. The van der Waals surface area contributed by atoms with Gasteiger partial charge in [0.2, 0.25) is 0 Å². The maximum absolute atomic E-state index is 5.64. The second-order valence-corrected chi connectivity index (χ2v) is 4.61. The van der Waals surface area contributed by atoms with Crippen molar-refractivity contribution in [3.63, 3.8) is 0 Å². The molecule has 2 N–H and O–H groups in total. The van der Waals surface area contributed by atoms with Gasteiger partial charge in [0, 0.05) is 24.5 Å². The molecule has 0 bridgehead atoms. The van der Waals surface area contributed by atoms with E-state index in [0.29, 0.717) is 4.99 Å². The maximum atomic E-state index is 5.64. The highest BCUT2D eigenvalue weighted by atomic mass is 32.1. The van der Waals surface area contributed by atoms with E-state index < -0.39 is 0 Å². The third-order valence-electron chi connectivity index (χ3n) is 2.76. The fraction of sp³-hybridized carbons (Fsp3) is 0.143. The standard InChI is InChI=1S/C14H15N3S/c1-10-6-7-13(16-9-10)17(2)12-5-3-4-11(8-12)14(15)18/h3-9H,1-2H3,(H2,15,18). The van der Waals surface area contributed by atoms with Crippen molar-refractivity contribution in [3.05, 3.63) is 53.7 Å². The van der Waals surface area contributed by atoms with Gasteiger partial charge in [0.25, 0.3) is 0 Å². The van der Waals surface area contributed by atoms with E-state index in [9.17, 15) is 0 Å². The van der Waals surface area contributed by atoms with E-state index in [4.69, 9.17) is 18.0 Å². The molecule has 1 aromatic carbocycles. The fourth-order valence-electron chi connectivity index (χ4n) is 1.66. The lowest BCUT2D eigenvalue weighted by Crippen LogP contribution is -2.14. The van der Waals surface area contributed by atoms with E-state index in [0.717, 1.165) is 22.6 Å². The lowest BCUT2D eigenvalue weighted by atomic mass is 10.2. The molecule has 0 saturated carbocycles. The SMILES string of the molecule is Cc1ccc(N(C)c2cccc(C(N)=S)c2)nc1. The molecule has 2 rings (SSSR count). The summed E-state index contributed by atoms with van der Waals surface area (Å²) in [5, 5.41) is 0. The zero-order chi connectivity index (χ0) is 13.1. The summed E-state index contributed by atoms with van der Waals surface area (Å²) in [6.45, 7) is 2.02. The Bertz CT molecular complexity index is 564. The van der Waals surface area contributed by atoms with Crippen LogP contribution < -0.4 is 10.6 Å². The predicted molar refractivity (Wildman–Crippen MR) is 79.4 cm³/mol. The minimum absolute atomic E-state index is 0.405. The Morgan fingerprint density at radius 2 is 2.06 bits per heavy atom. The summed E-state index contributed by atoms with van der Waals surface area (Å²) in [5.41, 5.74) is 8.65. The summed E-state index contributed by atoms with van der Waals surface area (Å²) in [6.07, 6.45) is 1.85. The number of aryl methyl sites for hydroxylation is 1. The minimum Gasteiger partial charge on any atom is -0.389 e. The number of anilines is 2. The average Bonchev–Trinajstić information content (AvgIpc) is 2.39. The topological polar surface area (TPSA) is 42.1 Å². The molecule has 0 aliphatic rings. The maximum Gasteiger partial charge on any atom is 0.132 e. The van der Waals surface area contributed by atoms with Crippen molar-refractivity contribution >= 4 is 28.7 Å². The molecule has 3 nitrogen and oxygen atoms in total. The van der Waals surface area contributed by atoms with Gasteiger partial charge in [-0.1, -0.05) is 30.4 Å². The van der Waals surface area contributed by atoms with E-state index in [1.807, 2.05) is 61.5 Å². The van der Waals surface area contributed by atoms with Crippen LogP contribution in [0.3, 0.4) is 0 Å². The van der Waals surface area contributed by atoms with Crippen molar-refractivity contribution in [1.29, 1.82) is 0 Å².